The Morgan fingerprint density at radius 2 is 2.62 bits per heavy atom. The van der Waals surface area contributed by atoms with E-state index >= 15 is 0 Å². The van der Waals surface area contributed by atoms with Gasteiger partial charge in [0, 0.05) is 18.9 Å². The van der Waals surface area contributed by atoms with E-state index in [-0.39, 0.29) is 0 Å². The first-order chi connectivity index (χ1) is 3.95. The van der Waals surface area contributed by atoms with Crippen LogP contribution in [0.3, 0.4) is 0 Å². The summed E-state index contributed by atoms with van der Waals surface area (Å²) >= 11 is 0. The van der Waals surface area contributed by atoms with Crippen molar-refractivity contribution in [2.75, 3.05) is 13.3 Å². The summed E-state index contributed by atoms with van der Waals surface area (Å²) < 4.78 is 5.31. The van der Waals surface area contributed by atoms with Gasteiger partial charge in [0.25, 0.3) is 0 Å². The zero-order valence-corrected chi connectivity index (χ0v) is 4.55. The molecule has 1 saturated heterocycles. The van der Waals surface area contributed by atoms with Crippen LogP contribution in [0, 0.1) is 5.92 Å². The van der Waals surface area contributed by atoms with Gasteiger partial charge in [0.2, 0.25) is 0 Å². The van der Waals surface area contributed by atoms with Crippen molar-refractivity contribution in [2.24, 2.45) is 5.92 Å². The van der Waals surface area contributed by atoms with Crippen LogP contribution in [0.1, 0.15) is 6.42 Å². The van der Waals surface area contributed by atoms with Crippen LogP contribution in [0.4, 0.5) is 0 Å². The lowest BCUT2D eigenvalue weighted by Crippen LogP contribution is -2.45. The summed E-state index contributed by atoms with van der Waals surface area (Å²) in [4.78, 5) is 2.31. The van der Waals surface area contributed by atoms with E-state index in [0.717, 1.165) is 12.6 Å². The fourth-order valence-corrected chi connectivity index (χ4v) is 1.77. The fourth-order valence-electron chi connectivity index (χ4n) is 1.77. The van der Waals surface area contributed by atoms with Crippen molar-refractivity contribution in [3.05, 3.63) is 11.5 Å². The number of ether oxygens (including phenoxy) is 1. The molecule has 0 spiro atoms. The molecule has 1 aliphatic carbocycles. The second-order valence-electron chi connectivity index (χ2n) is 2.71. The first kappa shape index (κ1) is 3.38. The van der Waals surface area contributed by atoms with Gasteiger partial charge in [-0.1, -0.05) is 0 Å². The number of hydrogen-bond donors (Lipinski definition) is 0. The third-order valence-electron chi connectivity index (χ3n) is 2.28. The second kappa shape index (κ2) is 0.768. The van der Waals surface area contributed by atoms with E-state index in [1.807, 2.05) is 0 Å². The first-order valence-corrected chi connectivity index (χ1v) is 3.06. The van der Waals surface area contributed by atoms with E-state index in [4.69, 9.17) is 4.74 Å². The molecule has 2 aliphatic heterocycles. The van der Waals surface area contributed by atoms with Gasteiger partial charge in [-0.3, -0.25) is 0 Å². The summed E-state index contributed by atoms with van der Waals surface area (Å²) in [6.45, 7) is 2.11. The third kappa shape index (κ3) is 0.170. The Balaban J connectivity index is 2.16. The molecule has 1 unspecified atom stereocenters. The first-order valence-electron chi connectivity index (χ1n) is 3.06. The predicted molar refractivity (Wildman–Crippen MR) is 27.8 cm³/mol. The maximum atomic E-state index is 5.31. The number of hydrogen-bond acceptors (Lipinski definition) is 2. The van der Waals surface area contributed by atoms with E-state index in [1.54, 1.807) is 0 Å². The molecular weight excluding hydrogens is 102 g/mol. The molecule has 8 heavy (non-hydrogen) atoms. The smallest absolute Gasteiger partial charge is 0.161 e. The normalized spacial score (nSPS) is 38.0. The van der Waals surface area contributed by atoms with Crippen LogP contribution in [-0.2, 0) is 4.74 Å². The molecule has 3 aliphatic rings. The lowest BCUT2D eigenvalue weighted by molar-refractivity contribution is 0.132. The summed E-state index contributed by atoms with van der Waals surface area (Å²) in [5, 5.41) is 0. The van der Waals surface area contributed by atoms with Gasteiger partial charge >= 0.3 is 0 Å². The van der Waals surface area contributed by atoms with Crippen molar-refractivity contribution >= 4 is 0 Å². The molecule has 0 radical (unpaired) electrons. The van der Waals surface area contributed by atoms with Gasteiger partial charge < -0.3 is 9.64 Å². The van der Waals surface area contributed by atoms with Crippen LogP contribution in [-0.4, -0.2) is 18.2 Å². The van der Waals surface area contributed by atoms with Crippen LogP contribution < -0.4 is 0 Å². The quantitative estimate of drug-likeness (QED) is 0.449. The van der Waals surface area contributed by atoms with Crippen molar-refractivity contribution < 1.29 is 4.74 Å². The number of nitrogens with zero attached hydrogens (tertiary/aromatic N) is 1. The Labute approximate surface area is 47.7 Å². The third-order valence-corrected chi connectivity index (χ3v) is 2.28. The predicted octanol–water partition coefficient (Wildman–Crippen LogP) is 0.521. The molecule has 0 aromatic carbocycles. The Bertz CT molecular complexity index is 181. The average molecular weight is 109 g/mol. The Kier molecular flexibility index (Phi) is 0.325. The summed E-state index contributed by atoms with van der Waals surface area (Å²) in [6, 6.07) is 0. The molecule has 0 saturated carbocycles. The van der Waals surface area contributed by atoms with Gasteiger partial charge in [-0.05, 0) is 0 Å². The molecule has 1 fully saturated rings. The zero-order chi connectivity index (χ0) is 5.14. The lowest BCUT2D eigenvalue weighted by atomic mass is 9.81. The van der Waals surface area contributed by atoms with E-state index in [2.05, 4.69) is 4.90 Å². The van der Waals surface area contributed by atoms with Crippen molar-refractivity contribution in [3.63, 3.8) is 0 Å². The highest BCUT2D eigenvalue weighted by Gasteiger charge is 2.48. The summed E-state index contributed by atoms with van der Waals surface area (Å²) in [6.07, 6.45) is 1.23. The molecule has 0 amide bonds. The SMILES string of the molecule is C1C2=C3C1CN3CO2. The van der Waals surface area contributed by atoms with Crippen molar-refractivity contribution in [3.8, 4) is 0 Å². The van der Waals surface area contributed by atoms with Crippen LogP contribution in [0.5, 0.6) is 0 Å². The minimum atomic E-state index is 0.848. The maximum absolute atomic E-state index is 5.31. The summed E-state index contributed by atoms with van der Waals surface area (Å²) in [5.74, 6) is 2.19. The molecule has 42 valence electrons. The van der Waals surface area contributed by atoms with E-state index < -0.39 is 0 Å². The van der Waals surface area contributed by atoms with Gasteiger partial charge in [0.15, 0.2) is 6.73 Å². The van der Waals surface area contributed by atoms with Gasteiger partial charge in [-0.25, -0.2) is 0 Å². The van der Waals surface area contributed by atoms with E-state index in [0.29, 0.717) is 0 Å². The molecule has 1 atom stereocenters. The molecule has 0 aromatic heterocycles. The molecule has 2 heterocycles. The minimum Gasteiger partial charge on any atom is -0.476 e. The van der Waals surface area contributed by atoms with Crippen molar-refractivity contribution in [1.29, 1.82) is 0 Å². The molecule has 2 nitrogen and oxygen atoms in total. The Morgan fingerprint density at radius 1 is 1.62 bits per heavy atom. The monoisotopic (exact) mass is 109 g/mol. The standard InChI is InChI=1S/C6H7NO/c1-4-2-7-3-8-5(1)6(4)7/h4H,1-3H2. The van der Waals surface area contributed by atoms with Crippen LogP contribution in [0.2, 0.25) is 0 Å². The highest BCUT2D eigenvalue weighted by atomic mass is 16.5. The van der Waals surface area contributed by atoms with E-state index in [1.165, 1.54) is 24.4 Å². The number of rotatable bonds is 0. The van der Waals surface area contributed by atoms with Gasteiger partial charge in [-0.2, -0.15) is 0 Å². The summed E-state index contributed by atoms with van der Waals surface area (Å²) in [5.41, 5.74) is 1.52. The van der Waals surface area contributed by atoms with Crippen LogP contribution in [0.15, 0.2) is 11.5 Å². The van der Waals surface area contributed by atoms with Crippen molar-refractivity contribution in [2.45, 2.75) is 6.42 Å². The second-order valence-corrected chi connectivity index (χ2v) is 2.71. The molecular formula is C6H7NO. The molecule has 0 N–H and O–H groups in total. The molecule has 3 rings (SSSR count). The highest BCUT2D eigenvalue weighted by Crippen LogP contribution is 2.49. The Hall–Kier alpha value is -0.660. The average Bonchev–Trinajstić information content (AvgIpc) is 2.02. The van der Waals surface area contributed by atoms with Crippen LogP contribution >= 0.6 is 0 Å². The minimum absolute atomic E-state index is 0.848. The fraction of sp³-hybridized carbons (Fsp3) is 0.667. The van der Waals surface area contributed by atoms with Gasteiger partial charge in [-0.15, -0.1) is 0 Å². The van der Waals surface area contributed by atoms with Gasteiger partial charge in [0.05, 0.1) is 5.70 Å². The highest BCUT2D eigenvalue weighted by molar-refractivity contribution is 5.32. The maximum Gasteiger partial charge on any atom is 0.161 e. The van der Waals surface area contributed by atoms with Crippen LogP contribution in [0.25, 0.3) is 0 Å². The Morgan fingerprint density at radius 3 is 3.25 bits per heavy atom. The lowest BCUT2D eigenvalue weighted by Gasteiger charge is -2.43. The molecule has 0 aromatic rings. The zero-order valence-electron chi connectivity index (χ0n) is 4.55. The summed E-state index contributed by atoms with van der Waals surface area (Å²) in [7, 11) is 0. The van der Waals surface area contributed by atoms with Gasteiger partial charge in [0.1, 0.15) is 5.76 Å². The topological polar surface area (TPSA) is 12.5 Å². The number of allylic oxidation sites excluding steroid dienone is 1. The van der Waals surface area contributed by atoms with E-state index in [9.17, 15) is 0 Å². The molecule has 2 heteroatoms. The van der Waals surface area contributed by atoms with Crippen molar-refractivity contribution in [1.82, 2.24) is 4.90 Å². The molecule has 0 bridgehead atoms. The largest absolute Gasteiger partial charge is 0.476 e.